The average molecular weight is 285 g/mol. The molecule has 0 spiro atoms. The van der Waals surface area contributed by atoms with Crippen LogP contribution >= 0.6 is 0 Å². The van der Waals surface area contributed by atoms with Gasteiger partial charge in [-0.15, -0.1) is 0 Å². The fourth-order valence-corrected chi connectivity index (χ4v) is 2.13. The smallest absolute Gasteiger partial charge is 0.121 e. The fourth-order valence-electron chi connectivity index (χ4n) is 2.13. The third-order valence-corrected chi connectivity index (χ3v) is 3.29. The molecule has 0 radical (unpaired) electrons. The van der Waals surface area contributed by atoms with Crippen molar-refractivity contribution in [2.45, 2.75) is 19.6 Å². The van der Waals surface area contributed by atoms with Crippen LogP contribution in [0.25, 0.3) is 0 Å². The summed E-state index contributed by atoms with van der Waals surface area (Å²) >= 11 is 0. The zero-order chi connectivity index (χ0) is 14.9. The number of hydrogen-bond donors (Lipinski definition) is 1. The minimum absolute atomic E-state index is 0.0444. The number of nitrogens with one attached hydrogen (secondary N) is 1. The van der Waals surface area contributed by atoms with Gasteiger partial charge in [-0.05, 0) is 30.2 Å². The Labute approximate surface area is 126 Å². The summed E-state index contributed by atoms with van der Waals surface area (Å²) in [5.74, 6) is 0.900. The van der Waals surface area contributed by atoms with Crippen molar-refractivity contribution in [3.05, 3.63) is 65.7 Å². The first-order valence-corrected chi connectivity index (χ1v) is 7.30. The molecule has 1 atom stereocenters. The van der Waals surface area contributed by atoms with Gasteiger partial charge in [0.25, 0.3) is 0 Å². The first-order chi connectivity index (χ1) is 10.3. The molecule has 0 bridgehead atoms. The Kier molecular flexibility index (Phi) is 6.25. The van der Waals surface area contributed by atoms with E-state index in [1.54, 1.807) is 7.11 Å². The van der Waals surface area contributed by atoms with Crippen LogP contribution < -0.4 is 10.1 Å². The van der Waals surface area contributed by atoms with Crippen LogP contribution in [0.4, 0.5) is 0 Å². The Morgan fingerprint density at radius 1 is 1.05 bits per heavy atom. The molecular weight excluding hydrogens is 262 g/mol. The molecule has 112 valence electrons. The van der Waals surface area contributed by atoms with Crippen LogP contribution in [0, 0.1) is 0 Å². The first-order valence-electron chi connectivity index (χ1n) is 7.30. The lowest BCUT2D eigenvalue weighted by Crippen LogP contribution is -2.18. The summed E-state index contributed by atoms with van der Waals surface area (Å²) in [4.78, 5) is 0. The minimum Gasteiger partial charge on any atom is -0.486 e. The van der Waals surface area contributed by atoms with Gasteiger partial charge in [0.15, 0.2) is 0 Å². The van der Waals surface area contributed by atoms with Crippen molar-refractivity contribution < 1.29 is 9.47 Å². The van der Waals surface area contributed by atoms with Crippen LogP contribution in [-0.2, 0) is 11.3 Å². The Balaban J connectivity index is 1.91. The van der Waals surface area contributed by atoms with E-state index in [-0.39, 0.29) is 6.10 Å². The normalized spacial score (nSPS) is 12.1. The summed E-state index contributed by atoms with van der Waals surface area (Å²) in [5, 5.41) is 3.33. The summed E-state index contributed by atoms with van der Waals surface area (Å²) in [6, 6.07) is 18.5. The standard InChI is InChI=1S/C18H23NO2/c1-15(17-8-4-3-5-9-17)21-18-10-6-7-16(13-18)14-19-11-12-20-2/h3-10,13,15,19H,11-12,14H2,1-2H3. The summed E-state index contributed by atoms with van der Waals surface area (Å²) < 4.78 is 11.0. The van der Waals surface area contributed by atoms with Gasteiger partial charge in [-0.25, -0.2) is 0 Å². The molecule has 2 aromatic carbocycles. The Hall–Kier alpha value is -1.84. The van der Waals surface area contributed by atoms with E-state index in [1.807, 2.05) is 30.3 Å². The predicted molar refractivity (Wildman–Crippen MR) is 85.5 cm³/mol. The third-order valence-electron chi connectivity index (χ3n) is 3.29. The molecule has 2 aromatic rings. The van der Waals surface area contributed by atoms with Crippen LogP contribution in [0.2, 0.25) is 0 Å². The van der Waals surface area contributed by atoms with E-state index in [9.17, 15) is 0 Å². The zero-order valence-electron chi connectivity index (χ0n) is 12.7. The second kappa shape index (κ2) is 8.45. The van der Waals surface area contributed by atoms with Crippen molar-refractivity contribution in [1.82, 2.24) is 5.32 Å². The monoisotopic (exact) mass is 285 g/mol. The van der Waals surface area contributed by atoms with E-state index < -0.39 is 0 Å². The molecule has 21 heavy (non-hydrogen) atoms. The highest BCUT2D eigenvalue weighted by Gasteiger charge is 2.06. The number of hydrogen-bond acceptors (Lipinski definition) is 3. The lowest BCUT2D eigenvalue weighted by atomic mass is 10.1. The van der Waals surface area contributed by atoms with Crippen LogP contribution in [-0.4, -0.2) is 20.3 Å². The summed E-state index contributed by atoms with van der Waals surface area (Å²) in [7, 11) is 1.71. The van der Waals surface area contributed by atoms with Gasteiger partial charge < -0.3 is 14.8 Å². The number of rotatable bonds is 8. The molecule has 0 aliphatic carbocycles. The van der Waals surface area contributed by atoms with E-state index in [0.717, 1.165) is 25.4 Å². The van der Waals surface area contributed by atoms with E-state index >= 15 is 0 Å². The molecule has 0 saturated heterocycles. The van der Waals surface area contributed by atoms with Crippen LogP contribution in [0.3, 0.4) is 0 Å². The maximum Gasteiger partial charge on any atom is 0.121 e. The molecule has 2 rings (SSSR count). The second-order valence-electron chi connectivity index (χ2n) is 4.99. The Morgan fingerprint density at radius 3 is 2.62 bits per heavy atom. The lowest BCUT2D eigenvalue weighted by molar-refractivity contribution is 0.199. The molecule has 0 amide bonds. The Morgan fingerprint density at radius 2 is 1.86 bits per heavy atom. The maximum atomic E-state index is 6.02. The molecule has 0 aliphatic rings. The van der Waals surface area contributed by atoms with Crippen LogP contribution in [0.15, 0.2) is 54.6 Å². The van der Waals surface area contributed by atoms with Crippen molar-refractivity contribution in [2.75, 3.05) is 20.3 Å². The van der Waals surface area contributed by atoms with Gasteiger partial charge in [0.1, 0.15) is 11.9 Å². The van der Waals surface area contributed by atoms with Crippen molar-refractivity contribution >= 4 is 0 Å². The van der Waals surface area contributed by atoms with Gasteiger partial charge in [-0.3, -0.25) is 0 Å². The quantitative estimate of drug-likeness (QED) is 0.752. The maximum absolute atomic E-state index is 6.02. The highest BCUT2D eigenvalue weighted by molar-refractivity contribution is 5.29. The minimum atomic E-state index is 0.0444. The van der Waals surface area contributed by atoms with Gasteiger partial charge >= 0.3 is 0 Å². The van der Waals surface area contributed by atoms with Crippen molar-refractivity contribution in [1.29, 1.82) is 0 Å². The molecule has 0 saturated carbocycles. The fraction of sp³-hybridized carbons (Fsp3) is 0.333. The van der Waals surface area contributed by atoms with Crippen molar-refractivity contribution in [3.8, 4) is 5.75 Å². The predicted octanol–water partition coefficient (Wildman–Crippen LogP) is 3.56. The average Bonchev–Trinajstić information content (AvgIpc) is 2.53. The van der Waals surface area contributed by atoms with Gasteiger partial charge in [0.05, 0.1) is 6.61 Å². The van der Waals surface area contributed by atoms with Crippen LogP contribution in [0.1, 0.15) is 24.2 Å². The SMILES string of the molecule is COCCNCc1cccc(OC(C)c2ccccc2)c1. The van der Waals surface area contributed by atoms with E-state index in [0.29, 0.717) is 0 Å². The molecule has 3 nitrogen and oxygen atoms in total. The second-order valence-corrected chi connectivity index (χ2v) is 4.99. The zero-order valence-corrected chi connectivity index (χ0v) is 12.7. The molecule has 1 N–H and O–H groups in total. The molecule has 0 aromatic heterocycles. The highest BCUT2D eigenvalue weighted by atomic mass is 16.5. The summed E-state index contributed by atoms with van der Waals surface area (Å²) in [6.45, 7) is 4.46. The molecule has 0 fully saturated rings. The molecule has 0 aliphatic heterocycles. The van der Waals surface area contributed by atoms with Gasteiger partial charge in [-0.2, -0.15) is 0 Å². The number of methoxy groups -OCH3 is 1. The summed E-state index contributed by atoms with van der Waals surface area (Å²) in [6.07, 6.45) is 0.0444. The van der Waals surface area contributed by atoms with Gasteiger partial charge in [0, 0.05) is 20.2 Å². The van der Waals surface area contributed by atoms with Gasteiger partial charge in [0.2, 0.25) is 0 Å². The number of benzene rings is 2. The van der Waals surface area contributed by atoms with Crippen molar-refractivity contribution in [3.63, 3.8) is 0 Å². The Bertz CT molecular complexity index is 528. The topological polar surface area (TPSA) is 30.5 Å². The molecule has 0 heterocycles. The number of ether oxygens (including phenoxy) is 2. The van der Waals surface area contributed by atoms with Crippen molar-refractivity contribution in [2.24, 2.45) is 0 Å². The first kappa shape index (κ1) is 15.5. The summed E-state index contributed by atoms with van der Waals surface area (Å²) in [5.41, 5.74) is 2.39. The van der Waals surface area contributed by atoms with Crippen LogP contribution in [0.5, 0.6) is 5.75 Å². The van der Waals surface area contributed by atoms with E-state index in [1.165, 1.54) is 11.1 Å². The molecule has 3 heteroatoms. The van der Waals surface area contributed by atoms with Gasteiger partial charge in [-0.1, -0.05) is 42.5 Å². The van der Waals surface area contributed by atoms with E-state index in [4.69, 9.17) is 9.47 Å². The molecular formula is C18H23NO2. The lowest BCUT2D eigenvalue weighted by Gasteiger charge is -2.16. The molecule has 1 unspecified atom stereocenters. The third kappa shape index (κ3) is 5.21. The van der Waals surface area contributed by atoms with E-state index in [2.05, 4.69) is 36.5 Å². The highest BCUT2D eigenvalue weighted by Crippen LogP contribution is 2.22. The largest absolute Gasteiger partial charge is 0.486 e.